The number of carbonyl (C=O) groups is 1. The molecule has 0 saturated carbocycles. The van der Waals surface area contributed by atoms with Crippen molar-refractivity contribution < 1.29 is 14.3 Å². The second kappa shape index (κ2) is 8.82. The third-order valence-electron chi connectivity index (χ3n) is 4.17. The molecule has 0 bridgehead atoms. The second-order valence-corrected chi connectivity index (χ2v) is 6.77. The molecule has 2 aromatic rings. The Morgan fingerprint density at radius 1 is 1.36 bits per heavy atom. The van der Waals surface area contributed by atoms with E-state index >= 15 is 0 Å². The van der Waals surface area contributed by atoms with Gasteiger partial charge < -0.3 is 19.7 Å². The summed E-state index contributed by atoms with van der Waals surface area (Å²) in [5.41, 5.74) is 0.673. The van der Waals surface area contributed by atoms with Crippen LogP contribution in [0.5, 0.6) is 5.75 Å². The molecule has 1 saturated heterocycles. The zero-order valence-electron chi connectivity index (χ0n) is 14.3. The van der Waals surface area contributed by atoms with Gasteiger partial charge in [0.15, 0.2) is 0 Å². The van der Waals surface area contributed by atoms with E-state index in [-0.39, 0.29) is 12.1 Å². The fourth-order valence-electron chi connectivity index (χ4n) is 2.95. The minimum atomic E-state index is -0.109. The standard InChI is InChI=1S/C18H23N3O3S/c1-23-11-12-24-16-8-3-2-6-14(16)20-18(22)21-10-5-4-7-15(21)17-19-9-13-25-17/h2-3,6,8-9,13,15H,4-5,7,10-12H2,1H3,(H,20,22)/t15-/m1/s1. The quantitative estimate of drug-likeness (QED) is 0.792. The van der Waals surface area contributed by atoms with Gasteiger partial charge in [-0.15, -0.1) is 11.3 Å². The average Bonchev–Trinajstić information content (AvgIpc) is 3.18. The van der Waals surface area contributed by atoms with E-state index in [1.807, 2.05) is 34.5 Å². The maximum absolute atomic E-state index is 12.9. The van der Waals surface area contributed by atoms with Crippen molar-refractivity contribution in [1.29, 1.82) is 0 Å². The molecule has 25 heavy (non-hydrogen) atoms. The molecule has 0 unspecified atom stereocenters. The molecule has 0 aliphatic carbocycles. The Hall–Kier alpha value is -2.12. The Kier molecular flexibility index (Phi) is 6.25. The molecule has 6 nitrogen and oxygen atoms in total. The van der Waals surface area contributed by atoms with E-state index in [1.165, 1.54) is 0 Å². The highest BCUT2D eigenvalue weighted by Gasteiger charge is 2.30. The molecule has 1 aliphatic rings. The molecule has 0 spiro atoms. The zero-order chi connectivity index (χ0) is 17.5. The Morgan fingerprint density at radius 3 is 3.04 bits per heavy atom. The molecule has 1 aliphatic heterocycles. The minimum Gasteiger partial charge on any atom is -0.489 e. The number of rotatable bonds is 6. The predicted octanol–water partition coefficient (Wildman–Crippen LogP) is 3.93. The van der Waals surface area contributed by atoms with E-state index in [4.69, 9.17) is 9.47 Å². The lowest BCUT2D eigenvalue weighted by molar-refractivity contribution is 0.146. The highest BCUT2D eigenvalue weighted by molar-refractivity contribution is 7.09. The third-order valence-corrected chi connectivity index (χ3v) is 5.05. The first-order valence-electron chi connectivity index (χ1n) is 8.47. The number of aromatic nitrogens is 1. The first kappa shape index (κ1) is 17.7. The fourth-order valence-corrected chi connectivity index (χ4v) is 3.73. The van der Waals surface area contributed by atoms with E-state index < -0.39 is 0 Å². The van der Waals surface area contributed by atoms with Crippen molar-refractivity contribution in [2.45, 2.75) is 25.3 Å². The Balaban J connectivity index is 1.70. The fraction of sp³-hybridized carbons (Fsp3) is 0.444. The van der Waals surface area contributed by atoms with Crippen LogP contribution < -0.4 is 10.1 Å². The molecule has 1 fully saturated rings. The number of nitrogens with one attached hydrogen (secondary N) is 1. The summed E-state index contributed by atoms with van der Waals surface area (Å²) in [4.78, 5) is 19.2. The lowest BCUT2D eigenvalue weighted by atomic mass is 10.0. The number of carbonyl (C=O) groups excluding carboxylic acids is 1. The number of methoxy groups -OCH3 is 1. The van der Waals surface area contributed by atoms with E-state index in [2.05, 4.69) is 10.3 Å². The molecule has 1 aromatic carbocycles. The van der Waals surface area contributed by atoms with Crippen molar-refractivity contribution in [3.05, 3.63) is 40.8 Å². The lowest BCUT2D eigenvalue weighted by Crippen LogP contribution is -2.41. The van der Waals surface area contributed by atoms with Crippen molar-refractivity contribution in [1.82, 2.24) is 9.88 Å². The summed E-state index contributed by atoms with van der Waals surface area (Å²) in [5, 5.41) is 5.95. The number of likely N-dealkylation sites (tertiary alicyclic amines) is 1. The maximum atomic E-state index is 12.9. The average molecular weight is 361 g/mol. The molecule has 2 heterocycles. The summed E-state index contributed by atoms with van der Waals surface area (Å²) in [6, 6.07) is 7.41. The van der Waals surface area contributed by atoms with Gasteiger partial charge in [0.25, 0.3) is 0 Å². The number of thiazole rings is 1. The van der Waals surface area contributed by atoms with Crippen LogP contribution in [0.15, 0.2) is 35.8 Å². The smallest absolute Gasteiger partial charge is 0.322 e. The van der Waals surface area contributed by atoms with Gasteiger partial charge in [-0.2, -0.15) is 0 Å². The molecular formula is C18H23N3O3S. The molecule has 1 N–H and O–H groups in total. The van der Waals surface area contributed by atoms with Crippen molar-refractivity contribution in [3.8, 4) is 5.75 Å². The topological polar surface area (TPSA) is 63.7 Å². The second-order valence-electron chi connectivity index (χ2n) is 5.84. The minimum absolute atomic E-state index is 0.0512. The van der Waals surface area contributed by atoms with Gasteiger partial charge in [0.1, 0.15) is 17.4 Å². The van der Waals surface area contributed by atoms with Crippen LogP contribution in [0.25, 0.3) is 0 Å². The van der Waals surface area contributed by atoms with Crippen LogP contribution >= 0.6 is 11.3 Å². The molecule has 2 amide bonds. The van der Waals surface area contributed by atoms with Gasteiger partial charge in [-0.25, -0.2) is 9.78 Å². The zero-order valence-corrected chi connectivity index (χ0v) is 15.1. The van der Waals surface area contributed by atoms with Crippen molar-refractivity contribution >= 4 is 23.1 Å². The molecule has 134 valence electrons. The molecular weight excluding hydrogens is 338 g/mol. The maximum Gasteiger partial charge on any atom is 0.322 e. The van der Waals surface area contributed by atoms with Crippen LogP contribution in [0.4, 0.5) is 10.5 Å². The first-order chi connectivity index (χ1) is 12.3. The molecule has 1 aromatic heterocycles. The number of piperidine rings is 1. The van der Waals surface area contributed by atoms with Crippen LogP contribution in [-0.4, -0.2) is 42.8 Å². The number of amides is 2. The Bertz CT molecular complexity index is 678. The summed E-state index contributed by atoms with van der Waals surface area (Å²) in [7, 11) is 1.63. The molecule has 1 atom stereocenters. The van der Waals surface area contributed by atoms with Crippen LogP contribution in [0.3, 0.4) is 0 Å². The summed E-state index contributed by atoms with van der Waals surface area (Å²) in [5.74, 6) is 0.649. The summed E-state index contributed by atoms with van der Waals surface area (Å²) >= 11 is 1.60. The highest BCUT2D eigenvalue weighted by Crippen LogP contribution is 2.33. The Labute approximate surface area is 151 Å². The van der Waals surface area contributed by atoms with E-state index in [0.29, 0.717) is 24.7 Å². The van der Waals surface area contributed by atoms with Crippen LogP contribution in [0.1, 0.15) is 30.3 Å². The number of para-hydroxylation sites is 2. The lowest BCUT2D eigenvalue weighted by Gasteiger charge is -2.34. The Morgan fingerprint density at radius 2 is 2.24 bits per heavy atom. The van der Waals surface area contributed by atoms with Gasteiger partial charge in [0, 0.05) is 25.2 Å². The number of anilines is 1. The molecule has 3 rings (SSSR count). The molecule has 0 radical (unpaired) electrons. The predicted molar refractivity (Wildman–Crippen MR) is 98.2 cm³/mol. The number of ether oxygens (including phenoxy) is 2. The summed E-state index contributed by atoms with van der Waals surface area (Å²) < 4.78 is 10.7. The number of hydrogen-bond donors (Lipinski definition) is 1. The van der Waals surface area contributed by atoms with E-state index in [0.717, 1.165) is 30.8 Å². The van der Waals surface area contributed by atoms with E-state index in [9.17, 15) is 4.79 Å². The number of urea groups is 1. The van der Waals surface area contributed by atoms with Crippen LogP contribution in [0, 0.1) is 0 Å². The summed E-state index contributed by atoms with van der Waals surface area (Å²) in [6.07, 6.45) is 4.88. The van der Waals surface area contributed by atoms with Gasteiger partial charge in [0.2, 0.25) is 0 Å². The van der Waals surface area contributed by atoms with Gasteiger partial charge >= 0.3 is 6.03 Å². The van der Waals surface area contributed by atoms with E-state index in [1.54, 1.807) is 24.6 Å². The normalized spacial score (nSPS) is 17.3. The van der Waals surface area contributed by atoms with Crippen molar-refractivity contribution in [2.75, 3.05) is 32.2 Å². The highest BCUT2D eigenvalue weighted by atomic mass is 32.1. The number of hydrogen-bond acceptors (Lipinski definition) is 5. The van der Waals surface area contributed by atoms with Gasteiger partial charge in [-0.05, 0) is 31.4 Å². The van der Waals surface area contributed by atoms with Crippen molar-refractivity contribution in [3.63, 3.8) is 0 Å². The number of nitrogens with zero attached hydrogens (tertiary/aromatic N) is 2. The van der Waals surface area contributed by atoms with Crippen LogP contribution in [-0.2, 0) is 4.74 Å². The van der Waals surface area contributed by atoms with Crippen molar-refractivity contribution in [2.24, 2.45) is 0 Å². The van der Waals surface area contributed by atoms with Gasteiger partial charge in [-0.1, -0.05) is 12.1 Å². The first-order valence-corrected chi connectivity index (χ1v) is 9.35. The third kappa shape index (κ3) is 4.49. The van der Waals surface area contributed by atoms with Gasteiger partial charge in [-0.3, -0.25) is 0 Å². The van der Waals surface area contributed by atoms with Crippen LogP contribution in [0.2, 0.25) is 0 Å². The van der Waals surface area contributed by atoms with Gasteiger partial charge in [0.05, 0.1) is 18.3 Å². The monoisotopic (exact) mass is 361 g/mol. The largest absolute Gasteiger partial charge is 0.489 e. The number of benzene rings is 1. The summed E-state index contributed by atoms with van der Waals surface area (Å²) in [6.45, 7) is 1.68. The SMILES string of the molecule is COCCOc1ccccc1NC(=O)N1CCCC[C@@H]1c1nccs1. The molecule has 7 heteroatoms.